The van der Waals surface area contributed by atoms with Crippen molar-refractivity contribution in [1.82, 2.24) is 0 Å². The van der Waals surface area contributed by atoms with Crippen molar-refractivity contribution in [2.75, 3.05) is 17.2 Å². The molecule has 164 valence electrons. The van der Waals surface area contributed by atoms with Crippen LogP contribution in [0.5, 0.6) is 5.75 Å². The molecule has 0 atom stereocenters. The number of halogens is 1. The Kier molecular flexibility index (Phi) is 7.07. The van der Waals surface area contributed by atoms with Gasteiger partial charge < -0.3 is 15.4 Å². The molecule has 3 rings (SSSR count). The van der Waals surface area contributed by atoms with E-state index in [0.29, 0.717) is 16.3 Å². The number of carbonyl (C=O) groups is 2. The molecule has 0 bridgehead atoms. The Morgan fingerprint density at radius 3 is 2.44 bits per heavy atom. The Bertz CT molecular complexity index is 1180. The lowest BCUT2D eigenvalue weighted by atomic mass is 10.1. The van der Waals surface area contributed by atoms with E-state index in [1.807, 2.05) is 6.07 Å². The minimum atomic E-state index is -0.605. The number of nitrogens with one attached hydrogen (secondary N) is 2. The van der Waals surface area contributed by atoms with Gasteiger partial charge in [-0.05, 0) is 55.3 Å². The summed E-state index contributed by atoms with van der Waals surface area (Å²) < 4.78 is 5.55. The minimum absolute atomic E-state index is 0.113. The first kappa shape index (κ1) is 22.8. The highest BCUT2D eigenvalue weighted by Crippen LogP contribution is 2.30. The van der Waals surface area contributed by atoms with E-state index in [2.05, 4.69) is 10.6 Å². The van der Waals surface area contributed by atoms with Crippen molar-refractivity contribution in [2.24, 2.45) is 0 Å². The van der Waals surface area contributed by atoms with E-state index in [0.717, 1.165) is 5.56 Å². The molecule has 0 saturated heterocycles. The fraction of sp³-hybridized carbons (Fsp3) is 0.130. The number of benzene rings is 3. The van der Waals surface area contributed by atoms with Gasteiger partial charge in [-0.15, -0.1) is 0 Å². The van der Waals surface area contributed by atoms with E-state index in [1.54, 1.807) is 44.2 Å². The molecule has 0 aliphatic heterocycles. The summed E-state index contributed by atoms with van der Waals surface area (Å²) in [6, 6.07) is 16.2. The molecule has 3 aromatic carbocycles. The van der Waals surface area contributed by atoms with Crippen LogP contribution in [0.2, 0.25) is 5.02 Å². The average molecular weight is 454 g/mol. The Balaban J connectivity index is 1.75. The monoisotopic (exact) mass is 453 g/mol. The Hall–Kier alpha value is -3.91. The summed E-state index contributed by atoms with van der Waals surface area (Å²) in [6.07, 6.45) is 0. The molecular formula is C23H20ClN3O5. The fourth-order valence-corrected chi connectivity index (χ4v) is 3.13. The largest absolute Gasteiger partial charge is 0.483 e. The number of para-hydroxylation sites is 1. The fourth-order valence-electron chi connectivity index (χ4n) is 2.96. The van der Waals surface area contributed by atoms with Gasteiger partial charge in [-0.3, -0.25) is 19.7 Å². The topological polar surface area (TPSA) is 111 Å². The van der Waals surface area contributed by atoms with Crippen molar-refractivity contribution in [3.05, 3.63) is 92.5 Å². The molecule has 0 aliphatic rings. The number of anilines is 2. The number of hydrogen-bond donors (Lipinski definition) is 2. The average Bonchev–Trinajstić information content (AvgIpc) is 2.76. The summed E-state index contributed by atoms with van der Waals surface area (Å²) in [5.74, 6) is -0.918. The summed E-state index contributed by atoms with van der Waals surface area (Å²) in [5, 5.41) is 16.9. The van der Waals surface area contributed by atoms with Crippen LogP contribution in [0.25, 0.3) is 0 Å². The molecule has 0 fully saturated rings. The number of nitro benzene ring substituents is 1. The number of ether oxygens (including phenoxy) is 1. The van der Waals surface area contributed by atoms with Gasteiger partial charge in [0.2, 0.25) is 0 Å². The summed E-state index contributed by atoms with van der Waals surface area (Å²) in [6.45, 7) is 3.01. The van der Waals surface area contributed by atoms with Crippen LogP contribution in [0.15, 0.2) is 60.7 Å². The zero-order chi connectivity index (χ0) is 23.3. The van der Waals surface area contributed by atoms with Crippen LogP contribution < -0.4 is 15.4 Å². The normalized spacial score (nSPS) is 10.3. The lowest BCUT2D eigenvalue weighted by Gasteiger charge is -2.14. The molecule has 0 spiro atoms. The van der Waals surface area contributed by atoms with Gasteiger partial charge in [-0.1, -0.05) is 35.9 Å². The highest BCUT2D eigenvalue weighted by molar-refractivity contribution is 6.31. The molecule has 2 N–H and O–H groups in total. The summed E-state index contributed by atoms with van der Waals surface area (Å²) in [4.78, 5) is 35.9. The Morgan fingerprint density at radius 1 is 1.03 bits per heavy atom. The number of rotatable bonds is 7. The second-order valence-electron chi connectivity index (χ2n) is 6.96. The highest BCUT2D eigenvalue weighted by Gasteiger charge is 2.20. The van der Waals surface area contributed by atoms with E-state index < -0.39 is 23.3 Å². The number of amides is 2. The predicted molar refractivity (Wildman–Crippen MR) is 123 cm³/mol. The Morgan fingerprint density at radius 2 is 1.75 bits per heavy atom. The molecule has 0 aliphatic carbocycles. The first-order valence-corrected chi connectivity index (χ1v) is 9.97. The highest BCUT2D eigenvalue weighted by atomic mass is 35.5. The zero-order valence-corrected chi connectivity index (χ0v) is 18.1. The lowest BCUT2D eigenvalue weighted by molar-refractivity contribution is -0.384. The van der Waals surface area contributed by atoms with E-state index in [-0.39, 0.29) is 22.7 Å². The van der Waals surface area contributed by atoms with Gasteiger partial charge in [0.25, 0.3) is 17.5 Å². The molecule has 0 radical (unpaired) electrons. The summed E-state index contributed by atoms with van der Waals surface area (Å²) in [7, 11) is 0. The number of carbonyl (C=O) groups excluding carboxylic acids is 2. The van der Waals surface area contributed by atoms with Crippen molar-refractivity contribution >= 4 is 40.5 Å². The lowest BCUT2D eigenvalue weighted by Crippen LogP contribution is -2.22. The van der Waals surface area contributed by atoms with Gasteiger partial charge in [0.15, 0.2) is 6.61 Å². The standard InChI is InChI=1S/C23H20ClN3O5/c1-14-8-10-19(27(30)31)22(15(14)2)26-21(28)13-32-20-11-9-16(24)12-18(20)23(29)25-17-6-4-3-5-7-17/h3-12H,13H2,1-2H3,(H,25,29)(H,26,28). The molecule has 2 amide bonds. The molecular weight excluding hydrogens is 434 g/mol. The second kappa shape index (κ2) is 9.93. The number of nitrogens with zero attached hydrogens (tertiary/aromatic N) is 1. The Labute approximate surface area is 189 Å². The molecule has 32 heavy (non-hydrogen) atoms. The maximum atomic E-state index is 12.7. The maximum absolute atomic E-state index is 12.7. The van der Waals surface area contributed by atoms with Gasteiger partial charge in [0.05, 0.1) is 10.5 Å². The summed E-state index contributed by atoms with van der Waals surface area (Å²) >= 11 is 6.03. The van der Waals surface area contributed by atoms with Gasteiger partial charge in [-0.25, -0.2) is 0 Å². The molecule has 9 heteroatoms. The molecule has 0 heterocycles. The van der Waals surface area contributed by atoms with Crippen LogP contribution in [-0.4, -0.2) is 23.3 Å². The van der Waals surface area contributed by atoms with Gasteiger partial charge >= 0.3 is 0 Å². The zero-order valence-electron chi connectivity index (χ0n) is 17.3. The van der Waals surface area contributed by atoms with Crippen molar-refractivity contribution in [3.8, 4) is 5.75 Å². The van der Waals surface area contributed by atoms with E-state index in [1.165, 1.54) is 24.3 Å². The number of hydrogen-bond acceptors (Lipinski definition) is 5. The first-order chi connectivity index (χ1) is 15.3. The van der Waals surface area contributed by atoms with Crippen LogP contribution in [0.1, 0.15) is 21.5 Å². The van der Waals surface area contributed by atoms with Crippen LogP contribution in [0.3, 0.4) is 0 Å². The van der Waals surface area contributed by atoms with E-state index in [4.69, 9.17) is 16.3 Å². The minimum Gasteiger partial charge on any atom is -0.483 e. The quantitative estimate of drug-likeness (QED) is 0.380. The smallest absolute Gasteiger partial charge is 0.293 e. The van der Waals surface area contributed by atoms with E-state index >= 15 is 0 Å². The third-order valence-corrected chi connectivity index (χ3v) is 4.99. The predicted octanol–water partition coefficient (Wildman–Crippen LogP) is 5.13. The molecule has 0 unspecified atom stereocenters. The SMILES string of the molecule is Cc1ccc([N+](=O)[O-])c(NC(=O)COc2ccc(Cl)cc2C(=O)Nc2ccccc2)c1C. The molecule has 8 nitrogen and oxygen atoms in total. The summed E-state index contributed by atoms with van der Waals surface area (Å²) in [5.41, 5.74) is 2.01. The third kappa shape index (κ3) is 5.41. The molecule has 0 aromatic heterocycles. The first-order valence-electron chi connectivity index (χ1n) is 9.59. The van der Waals surface area contributed by atoms with Crippen molar-refractivity contribution < 1.29 is 19.2 Å². The number of nitro groups is 1. The third-order valence-electron chi connectivity index (χ3n) is 4.75. The van der Waals surface area contributed by atoms with Crippen LogP contribution in [0.4, 0.5) is 17.1 Å². The molecule has 0 saturated carbocycles. The van der Waals surface area contributed by atoms with Gasteiger partial charge in [0.1, 0.15) is 11.4 Å². The maximum Gasteiger partial charge on any atom is 0.293 e. The van der Waals surface area contributed by atoms with Gasteiger partial charge in [-0.2, -0.15) is 0 Å². The van der Waals surface area contributed by atoms with Crippen LogP contribution >= 0.6 is 11.6 Å². The van der Waals surface area contributed by atoms with Crippen LogP contribution in [-0.2, 0) is 4.79 Å². The van der Waals surface area contributed by atoms with Crippen molar-refractivity contribution in [1.29, 1.82) is 0 Å². The van der Waals surface area contributed by atoms with Crippen LogP contribution in [0, 0.1) is 24.0 Å². The number of aryl methyl sites for hydroxylation is 1. The second-order valence-corrected chi connectivity index (χ2v) is 7.39. The van der Waals surface area contributed by atoms with Crippen molar-refractivity contribution in [2.45, 2.75) is 13.8 Å². The van der Waals surface area contributed by atoms with Gasteiger partial charge in [0, 0.05) is 16.8 Å². The molecule has 3 aromatic rings. The van der Waals surface area contributed by atoms with Crippen molar-refractivity contribution in [3.63, 3.8) is 0 Å². The van der Waals surface area contributed by atoms with E-state index in [9.17, 15) is 19.7 Å².